The summed E-state index contributed by atoms with van der Waals surface area (Å²) in [5.41, 5.74) is 2.27. The number of ketones is 1. The smallest absolute Gasteiger partial charge is 0.289 e. The summed E-state index contributed by atoms with van der Waals surface area (Å²) in [4.78, 5) is 38.8. The Morgan fingerprint density at radius 3 is 2.53 bits per heavy atom. The first kappa shape index (κ1) is 20.2. The number of carbonyl (C=O) groups excluding carboxylic acids is 2. The van der Waals surface area contributed by atoms with Gasteiger partial charge in [0.05, 0.1) is 17.5 Å². The third kappa shape index (κ3) is 3.95. The second kappa shape index (κ2) is 8.45. The number of aromatic nitrogens is 2. The van der Waals surface area contributed by atoms with Crippen molar-refractivity contribution in [2.75, 3.05) is 36.4 Å². The molecule has 1 aliphatic heterocycles. The van der Waals surface area contributed by atoms with Crippen molar-refractivity contribution >= 4 is 29.1 Å². The number of furan rings is 1. The Kier molecular flexibility index (Phi) is 5.34. The number of nitrogens with zero attached hydrogens (tertiary/aromatic N) is 4. The molecule has 2 aliphatic rings. The monoisotopic (exact) mass is 431 g/mol. The zero-order valence-corrected chi connectivity index (χ0v) is 18.0. The van der Waals surface area contributed by atoms with E-state index < -0.39 is 0 Å². The molecule has 0 spiro atoms. The molecule has 2 aromatic heterocycles. The van der Waals surface area contributed by atoms with Gasteiger partial charge >= 0.3 is 0 Å². The van der Waals surface area contributed by atoms with E-state index in [-0.39, 0.29) is 17.6 Å². The van der Waals surface area contributed by atoms with Crippen LogP contribution >= 0.6 is 0 Å². The molecular weight excluding hydrogens is 406 g/mol. The Hall–Kier alpha value is -3.68. The van der Waals surface area contributed by atoms with E-state index in [0.717, 1.165) is 17.8 Å². The molecule has 1 atom stereocenters. The van der Waals surface area contributed by atoms with Gasteiger partial charge in [0.15, 0.2) is 11.5 Å². The van der Waals surface area contributed by atoms with Crippen LogP contribution in [-0.2, 0) is 6.42 Å². The van der Waals surface area contributed by atoms with Crippen molar-refractivity contribution in [1.29, 1.82) is 0 Å². The molecule has 0 saturated carbocycles. The Bertz CT molecular complexity index is 1120. The lowest BCUT2D eigenvalue weighted by molar-refractivity contribution is 0.0713. The van der Waals surface area contributed by atoms with E-state index in [0.29, 0.717) is 55.7 Å². The number of amides is 1. The number of hydrogen-bond donors (Lipinski definition) is 1. The van der Waals surface area contributed by atoms with Crippen LogP contribution in [0.25, 0.3) is 0 Å². The number of nitrogens with one attached hydrogen (secondary N) is 1. The van der Waals surface area contributed by atoms with Crippen LogP contribution in [0.5, 0.6) is 0 Å². The van der Waals surface area contributed by atoms with Crippen LogP contribution in [0.2, 0.25) is 0 Å². The van der Waals surface area contributed by atoms with Gasteiger partial charge in [-0.15, -0.1) is 0 Å². The van der Waals surface area contributed by atoms with Gasteiger partial charge in [0.25, 0.3) is 5.91 Å². The Morgan fingerprint density at radius 1 is 1.03 bits per heavy atom. The van der Waals surface area contributed by atoms with Crippen LogP contribution in [-0.4, -0.2) is 52.7 Å². The lowest BCUT2D eigenvalue weighted by Crippen LogP contribution is -2.49. The Morgan fingerprint density at radius 2 is 1.81 bits per heavy atom. The maximum atomic E-state index is 12.8. The molecule has 32 heavy (non-hydrogen) atoms. The number of hydrogen-bond acceptors (Lipinski definition) is 7. The molecule has 0 radical (unpaired) electrons. The van der Waals surface area contributed by atoms with Crippen LogP contribution < -0.4 is 10.2 Å². The number of fused-ring (bicyclic) bond motifs is 1. The molecule has 8 heteroatoms. The summed E-state index contributed by atoms with van der Waals surface area (Å²) in [6.07, 6.45) is 2.76. The van der Waals surface area contributed by atoms with E-state index in [1.54, 1.807) is 17.0 Å². The first-order valence-electron chi connectivity index (χ1n) is 10.9. The van der Waals surface area contributed by atoms with Crippen molar-refractivity contribution in [3.8, 4) is 0 Å². The quantitative estimate of drug-likeness (QED) is 0.675. The predicted octanol–water partition coefficient (Wildman–Crippen LogP) is 3.54. The van der Waals surface area contributed by atoms with Crippen molar-refractivity contribution in [3.63, 3.8) is 0 Å². The highest BCUT2D eigenvalue weighted by molar-refractivity contribution is 6.03. The molecule has 0 unspecified atom stereocenters. The van der Waals surface area contributed by atoms with Gasteiger partial charge in [0.2, 0.25) is 5.95 Å². The zero-order chi connectivity index (χ0) is 22.1. The standard InChI is InChI=1S/C24H25N5O3/c1-16-14-18-21(19(30)15-16)22(25-17-6-3-2-4-7-17)27-24(26-18)29-11-9-28(10-12-29)23(31)20-8-5-13-32-20/h2-8,13,16H,9-12,14-15H2,1H3,(H,25,26,27)/t16-/m1/s1. The van der Waals surface area contributed by atoms with Gasteiger partial charge in [-0.3, -0.25) is 9.59 Å². The second-order valence-corrected chi connectivity index (χ2v) is 8.38. The van der Waals surface area contributed by atoms with Crippen LogP contribution in [0, 0.1) is 5.92 Å². The van der Waals surface area contributed by atoms with E-state index in [4.69, 9.17) is 14.4 Å². The number of benzene rings is 1. The van der Waals surface area contributed by atoms with Gasteiger partial charge in [0.1, 0.15) is 5.82 Å². The number of piperazine rings is 1. The third-order valence-electron chi connectivity index (χ3n) is 5.94. The topological polar surface area (TPSA) is 91.6 Å². The fourth-order valence-electron chi connectivity index (χ4n) is 4.31. The summed E-state index contributed by atoms with van der Waals surface area (Å²) >= 11 is 0. The Balaban J connectivity index is 1.41. The largest absolute Gasteiger partial charge is 0.459 e. The Labute approximate surface area is 186 Å². The summed E-state index contributed by atoms with van der Waals surface area (Å²) in [5, 5.41) is 3.33. The molecule has 164 valence electrons. The number of Topliss-reactive ketones (excluding diaryl/α,β-unsaturated/α-hetero) is 1. The van der Waals surface area contributed by atoms with Crippen LogP contribution in [0.3, 0.4) is 0 Å². The molecule has 8 nitrogen and oxygen atoms in total. The van der Waals surface area contributed by atoms with Crippen molar-refractivity contribution in [2.45, 2.75) is 19.8 Å². The molecule has 1 N–H and O–H groups in total. The number of carbonyl (C=O) groups is 2. The molecule has 1 aliphatic carbocycles. The minimum Gasteiger partial charge on any atom is -0.459 e. The average Bonchev–Trinajstić information content (AvgIpc) is 3.34. The minimum atomic E-state index is -0.105. The summed E-state index contributed by atoms with van der Waals surface area (Å²) in [6, 6.07) is 13.1. The normalized spacial score (nSPS) is 18.4. The second-order valence-electron chi connectivity index (χ2n) is 8.38. The molecule has 1 amide bonds. The SMILES string of the molecule is C[C@H]1CC(=O)c2c(nc(N3CCN(C(=O)c4ccco4)CC3)nc2Nc2ccccc2)C1. The fourth-order valence-corrected chi connectivity index (χ4v) is 4.31. The van der Waals surface area contributed by atoms with Gasteiger partial charge in [-0.25, -0.2) is 4.98 Å². The lowest BCUT2D eigenvalue weighted by atomic mass is 9.87. The summed E-state index contributed by atoms with van der Waals surface area (Å²) < 4.78 is 5.24. The maximum Gasteiger partial charge on any atom is 0.289 e. The fraction of sp³-hybridized carbons (Fsp3) is 0.333. The van der Waals surface area contributed by atoms with E-state index in [9.17, 15) is 9.59 Å². The van der Waals surface area contributed by atoms with Crippen molar-refractivity contribution < 1.29 is 14.0 Å². The van der Waals surface area contributed by atoms with E-state index in [1.165, 1.54) is 6.26 Å². The van der Waals surface area contributed by atoms with Gasteiger partial charge in [0, 0.05) is 38.3 Å². The minimum absolute atomic E-state index is 0.0811. The highest BCUT2D eigenvalue weighted by atomic mass is 16.3. The maximum absolute atomic E-state index is 12.8. The van der Waals surface area contributed by atoms with Gasteiger partial charge in [-0.2, -0.15) is 4.98 Å². The van der Waals surface area contributed by atoms with E-state index in [1.807, 2.05) is 30.3 Å². The van der Waals surface area contributed by atoms with Crippen molar-refractivity contribution in [1.82, 2.24) is 14.9 Å². The molecule has 1 aromatic carbocycles. The summed E-state index contributed by atoms with van der Waals surface area (Å²) in [7, 11) is 0. The third-order valence-corrected chi connectivity index (χ3v) is 5.94. The lowest BCUT2D eigenvalue weighted by Gasteiger charge is -2.35. The zero-order valence-electron chi connectivity index (χ0n) is 18.0. The average molecular weight is 431 g/mol. The highest BCUT2D eigenvalue weighted by Gasteiger charge is 2.31. The van der Waals surface area contributed by atoms with Crippen LogP contribution in [0.15, 0.2) is 53.1 Å². The van der Waals surface area contributed by atoms with Gasteiger partial charge < -0.3 is 19.5 Å². The number of anilines is 3. The van der Waals surface area contributed by atoms with Gasteiger partial charge in [-0.1, -0.05) is 25.1 Å². The van der Waals surface area contributed by atoms with Crippen LogP contribution in [0.4, 0.5) is 17.5 Å². The van der Waals surface area contributed by atoms with Crippen LogP contribution in [0.1, 0.15) is 40.0 Å². The summed E-state index contributed by atoms with van der Waals surface area (Å²) in [6.45, 7) is 4.40. The highest BCUT2D eigenvalue weighted by Crippen LogP contribution is 2.32. The predicted molar refractivity (Wildman–Crippen MR) is 120 cm³/mol. The van der Waals surface area contributed by atoms with E-state index >= 15 is 0 Å². The van der Waals surface area contributed by atoms with E-state index in [2.05, 4.69) is 17.1 Å². The molecule has 0 bridgehead atoms. The molecule has 3 heterocycles. The number of rotatable bonds is 4. The van der Waals surface area contributed by atoms with Crippen molar-refractivity contribution in [2.24, 2.45) is 5.92 Å². The number of para-hydroxylation sites is 1. The van der Waals surface area contributed by atoms with Crippen molar-refractivity contribution in [3.05, 3.63) is 65.7 Å². The first-order valence-corrected chi connectivity index (χ1v) is 10.9. The summed E-state index contributed by atoms with van der Waals surface area (Å²) in [5.74, 6) is 1.73. The molecular formula is C24H25N5O3. The molecule has 3 aromatic rings. The van der Waals surface area contributed by atoms with Gasteiger partial charge in [-0.05, 0) is 36.6 Å². The molecule has 1 saturated heterocycles. The first-order chi connectivity index (χ1) is 15.6. The molecule has 5 rings (SSSR count). The molecule has 1 fully saturated rings.